The Morgan fingerprint density at radius 2 is 1.90 bits per heavy atom. The monoisotopic (exact) mass is 474 g/mol. The average molecular weight is 475 g/mol. The van der Waals surface area contributed by atoms with Crippen LogP contribution >= 0.6 is 15.9 Å². The maximum absolute atomic E-state index is 13.4. The molecule has 30 heavy (non-hydrogen) atoms. The van der Waals surface area contributed by atoms with Crippen LogP contribution in [0.2, 0.25) is 0 Å². The van der Waals surface area contributed by atoms with Gasteiger partial charge in [0.15, 0.2) is 11.4 Å². The number of morpholine rings is 1. The number of carbonyl (C=O) groups is 2. The SMILES string of the molecule is COc1ccc(C(=O)CC2(O)C(=O)N(CN3CCOCC3)c3ccc(Br)cc32)cc1. The van der Waals surface area contributed by atoms with Gasteiger partial charge in [-0.1, -0.05) is 15.9 Å². The van der Waals surface area contributed by atoms with E-state index in [4.69, 9.17) is 9.47 Å². The van der Waals surface area contributed by atoms with Crippen LogP contribution < -0.4 is 9.64 Å². The Labute approximate surface area is 183 Å². The van der Waals surface area contributed by atoms with Crippen molar-refractivity contribution in [3.63, 3.8) is 0 Å². The Hall–Kier alpha value is -2.26. The number of hydrogen-bond donors (Lipinski definition) is 1. The fourth-order valence-corrected chi connectivity index (χ4v) is 4.25. The molecule has 1 atom stereocenters. The lowest BCUT2D eigenvalue weighted by Gasteiger charge is -2.31. The van der Waals surface area contributed by atoms with Gasteiger partial charge in [0.2, 0.25) is 0 Å². The highest BCUT2D eigenvalue weighted by atomic mass is 79.9. The standard InChI is InChI=1S/C22H23BrN2O5/c1-29-17-5-2-15(3-6-17)20(26)13-22(28)18-12-16(23)4-7-19(18)25(21(22)27)14-24-8-10-30-11-9-24/h2-7,12,28H,8-11,13-14H2,1H3. The average Bonchev–Trinajstić information content (AvgIpc) is 2.96. The van der Waals surface area contributed by atoms with Gasteiger partial charge in [-0.3, -0.25) is 19.4 Å². The summed E-state index contributed by atoms with van der Waals surface area (Å²) in [5.74, 6) is -0.162. The van der Waals surface area contributed by atoms with Crippen molar-refractivity contribution in [3.8, 4) is 5.75 Å². The van der Waals surface area contributed by atoms with Gasteiger partial charge >= 0.3 is 0 Å². The molecule has 0 bridgehead atoms. The number of nitrogens with zero attached hydrogens (tertiary/aromatic N) is 2. The Bertz CT molecular complexity index is 959. The summed E-state index contributed by atoms with van der Waals surface area (Å²) in [6.45, 7) is 2.97. The Morgan fingerprint density at radius 1 is 1.20 bits per heavy atom. The summed E-state index contributed by atoms with van der Waals surface area (Å²) in [6, 6.07) is 12.0. The first-order chi connectivity index (χ1) is 14.4. The van der Waals surface area contributed by atoms with Gasteiger partial charge in [-0.05, 0) is 42.5 Å². The van der Waals surface area contributed by atoms with E-state index in [9.17, 15) is 14.7 Å². The van der Waals surface area contributed by atoms with E-state index in [1.165, 1.54) is 0 Å². The fourth-order valence-electron chi connectivity index (χ4n) is 3.89. The van der Waals surface area contributed by atoms with E-state index in [0.29, 0.717) is 55.5 Å². The van der Waals surface area contributed by atoms with E-state index >= 15 is 0 Å². The number of ether oxygens (including phenoxy) is 2. The fraction of sp³-hybridized carbons (Fsp3) is 0.364. The molecule has 1 unspecified atom stereocenters. The van der Waals surface area contributed by atoms with Crippen LogP contribution in [-0.2, 0) is 15.1 Å². The molecule has 158 valence electrons. The van der Waals surface area contributed by atoms with Crippen molar-refractivity contribution in [2.75, 3.05) is 45.0 Å². The van der Waals surface area contributed by atoms with Gasteiger partial charge in [0.25, 0.3) is 5.91 Å². The summed E-state index contributed by atoms with van der Waals surface area (Å²) >= 11 is 3.42. The largest absolute Gasteiger partial charge is 0.497 e. The Kier molecular flexibility index (Phi) is 5.92. The van der Waals surface area contributed by atoms with Crippen LogP contribution in [0.3, 0.4) is 0 Å². The summed E-state index contributed by atoms with van der Waals surface area (Å²) in [5.41, 5.74) is -0.431. The Morgan fingerprint density at radius 3 is 2.57 bits per heavy atom. The first-order valence-corrected chi connectivity index (χ1v) is 10.5. The smallest absolute Gasteiger partial charge is 0.265 e. The van der Waals surface area contributed by atoms with E-state index in [1.54, 1.807) is 48.4 Å². The van der Waals surface area contributed by atoms with Crippen molar-refractivity contribution in [2.45, 2.75) is 12.0 Å². The van der Waals surface area contributed by atoms with Crippen molar-refractivity contribution >= 4 is 33.3 Å². The number of rotatable bonds is 6. The molecular weight excluding hydrogens is 452 g/mol. The first-order valence-electron chi connectivity index (χ1n) is 9.74. The topological polar surface area (TPSA) is 79.3 Å². The molecule has 1 N–H and O–H groups in total. The molecule has 1 amide bonds. The second-order valence-electron chi connectivity index (χ2n) is 7.46. The van der Waals surface area contributed by atoms with Gasteiger partial charge in [0.1, 0.15) is 5.75 Å². The number of benzene rings is 2. The summed E-state index contributed by atoms with van der Waals surface area (Å²) in [6.07, 6.45) is -0.332. The third-order valence-electron chi connectivity index (χ3n) is 5.57. The van der Waals surface area contributed by atoms with Crippen LogP contribution in [0.25, 0.3) is 0 Å². The number of ketones is 1. The van der Waals surface area contributed by atoms with Crippen LogP contribution in [0.4, 0.5) is 5.69 Å². The number of aliphatic hydroxyl groups is 1. The minimum atomic E-state index is -1.91. The molecule has 0 radical (unpaired) electrons. The lowest BCUT2D eigenvalue weighted by molar-refractivity contribution is -0.136. The molecule has 2 heterocycles. The number of amides is 1. The number of halogens is 1. The predicted octanol–water partition coefficient (Wildman–Crippen LogP) is 2.55. The van der Waals surface area contributed by atoms with E-state index in [2.05, 4.69) is 20.8 Å². The molecule has 2 aromatic carbocycles. The van der Waals surface area contributed by atoms with Crippen molar-refractivity contribution in [1.82, 2.24) is 4.90 Å². The predicted molar refractivity (Wildman–Crippen MR) is 115 cm³/mol. The van der Waals surface area contributed by atoms with Crippen LogP contribution in [0.15, 0.2) is 46.9 Å². The van der Waals surface area contributed by atoms with Gasteiger partial charge in [-0.25, -0.2) is 0 Å². The maximum Gasteiger partial charge on any atom is 0.265 e. The first kappa shape index (κ1) is 21.0. The molecule has 2 aromatic rings. The highest BCUT2D eigenvalue weighted by molar-refractivity contribution is 9.10. The molecule has 2 aliphatic rings. The molecule has 7 nitrogen and oxygen atoms in total. The molecule has 8 heteroatoms. The number of hydrogen-bond acceptors (Lipinski definition) is 6. The highest BCUT2D eigenvalue weighted by Crippen LogP contribution is 2.44. The zero-order valence-corrected chi connectivity index (χ0v) is 18.2. The van der Waals surface area contributed by atoms with Crippen molar-refractivity contribution in [1.29, 1.82) is 0 Å². The minimum absolute atomic E-state index is 0.312. The van der Waals surface area contributed by atoms with Gasteiger partial charge in [0.05, 0.1) is 39.1 Å². The van der Waals surface area contributed by atoms with E-state index < -0.39 is 11.5 Å². The van der Waals surface area contributed by atoms with Crippen molar-refractivity contribution < 1.29 is 24.2 Å². The zero-order valence-electron chi connectivity index (χ0n) is 16.6. The molecular formula is C22H23BrN2O5. The third kappa shape index (κ3) is 3.88. The molecule has 0 aromatic heterocycles. The number of Topliss-reactive ketones (excluding diaryl/α,β-unsaturated/α-hetero) is 1. The van der Waals surface area contributed by atoms with Gasteiger partial charge in [-0.15, -0.1) is 0 Å². The van der Waals surface area contributed by atoms with E-state index in [1.807, 2.05) is 6.07 Å². The molecule has 4 rings (SSSR count). The number of carbonyl (C=O) groups excluding carboxylic acids is 2. The second-order valence-corrected chi connectivity index (χ2v) is 8.37. The van der Waals surface area contributed by atoms with Crippen molar-refractivity contribution in [3.05, 3.63) is 58.1 Å². The molecule has 2 aliphatic heterocycles. The number of methoxy groups -OCH3 is 1. The van der Waals surface area contributed by atoms with Gasteiger partial charge in [-0.2, -0.15) is 0 Å². The summed E-state index contributed by atoms with van der Waals surface area (Å²) in [7, 11) is 1.55. The van der Waals surface area contributed by atoms with E-state index in [0.717, 1.165) is 4.47 Å². The minimum Gasteiger partial charge on any atom is -0.497 e. The summed E-state index contributed by atoms with van der Waals surface area (Å²) < 4.78 is 11.2. The summed E-state index contributed by atoms with van der Waals surface area (Å²) in [4.78, 5) is 30.0. The summed E-state index contributed by atoms with van der Waals surface area (Å²) in [5, 5.41) is 11.5. The second kappa shape index (κ2) is 8.47. The van der Waals surface area contributed by atoms with Crippen molar-refractivity contribution in [2.24, 2.45) is 0 Å². The van der Waals surface area contributed by atoms with Gasteiger partial charge < -0.3 is 14.6 Å². The maximum atomic E-state index is 13.4. The number of anilines is 1. The lowest BCUT2D eigenvalue weighted by atomic mass is 9.88. The van der Waals surface area contributed by atoms with E-state index in [-0.39, 0.29) is 12.2 Å². The Balaban J connectivity index is 1.63. The molecule has 1 fully saturated rings. The molecule has 0 aliphatic carbocycles. The quantitative estimate of drug-likeness (QED) is 0.648. The molecule has 0 spiro atoms. The van der Waals surface area contributed by atoms with Crippen LogP contribution in [0.5, 0.6) is 5.75 Å². The normalized spacial score (nSPS) is 21.6. The van der Waals surface area contributed by atoms with Crippen LogP contribution in [0, 0.1) is 0 Å². The van der Waals surface area contributed by atoms with Crippen LogP contribution in [0.1, 0.15) is 22.3 Å². The third-order valence-corrected chi connectivity index (χ3v) is 6.06. The highest BCUT2D eigenvalue weighted by Gasteiger charge is 2.51. The zero-order chi connectivity index (χ0) is 21.3. The lowest BCUT2D eigenvalue weighted by Crippen LogP contribution is -2.49. The number of fused-ring (bicyclic) bond motifs is 1. The van der Waals surface area contributed by atoms with Crippen LogP contribution in [-0.4, -0.2) is 61.8 Å². The molecule has 1 saturated heterocycles. The molecule has 0 saturated carbocycles. The van der Waals surface area contributed by atoms with Gasteiger partial charge in [0, 0.05) is 28.7 Å².